The second-order valence-electron chi connectivity index (χ2n) is 8.13. The van der Waals surface area contributed by atoms with Crippen LogP contribution in [0.5, 0.6) is 5.75 Å². The third kappa shape index (κ3) is 7.32. The van der Waals surface area contributed by atoms with Crippen LogP contribution in [0.25, 0.3) is 0 Å². The molecule has 2 rings (SSSR count). The molecule has 1 fully saturated rings. The monoisotopic (exact) mass is 411 g/mol. The SMILES string of the molecule is CN(CC(C)(C)CN)C(=O)C1CCN(C(=O)CCOc2ccccc2)CC1.Cl. The number of nitrogens with zero attached hydrogens (tertiary/aromatic N) is 2. The van der Waals surface area contributed by atoms with Gasteiger partial charge < -0.3 is 20.3 Å². The molecule has 28 heavy (non-hydrogen) atoms. The van der Waals surface area contributed by atoms with Crippen molar-refractivity contribution in [3.63, 3.8) is 0 Å². The first-order valence-electron chi connectivity index (χ1n) is 9.73. The van der Waals surface area contributed by atoms with E-state index in [2.05, 4.69) is 13.8 Å². The molecule has 1 aromatic carbocycles. The maximum absolute atomic E-state index is 12.7. The number of hydrogen-bond acceptors (Lipinski definition) is 4. The largest absolute Gasteiger partial charge is 0.493 e. The standard InChI is InChI=1S/C21H33N3O3.ClH/c1-21(2,15-22)16-23(3)20(26)17-9-12-24(13-10-17)19(25)11-14-27-18-7-5-4-6-8-18;/h4-8,17H,9-16,22H2,1-3H3;1H. The highest BCUT2D eigenvalue weighted by Crippen LogP contribution is 2.22. The Bertz CT molecular complexity index is 617. The summed E-state index contributed by atoms with van der Waals surface area (Å²) in [5.74, 6) is 1.02. The quantitative estimate of drug-likeness (QED) is 0.713. The number of piperidine rings is 1. The molecule has 2 amide bonds. The summed E-state index contributed by atoms with van der Waals surface area (Å²) >= 11 is 0. The van der Waals surface area contributed by atoms with Gasteiger partial charge in [0.25, 0.3) is 0 Å². The number of amides is 2. The molecule has 0 unspecified atom stereocenters. The molecule has 7 heteroatoms. The van der Waals surface area contributed by atoms with Gasteiger partial charge in [0.1, 0.15) is 5.75 Å². The van der Waals surface area contributed by atoms with E-state index in [4.69, 9.17) is 10.5 Å². The van der Waals surface area contributed by atoms with E-state index in [0.29, 0.717) is 39.2 Å². The van der Waals surface area contributed by atoms with Crippen LogP contribution in [0.4, 0.5) is 0 Å². The highest BCUT2D eigenvalue weighted by Gasteiger charge is 2.30. The van der Waals surface area contributed by atoms with Crippen molar-refractivity contribution in [2.24, 2.45) is 17.1 Å². The van der Waals surface area contributed by atoms with Crippen molar-refractivity contribution < 1.29 is 14.3 Å². The van der Waals surface area contributed by atoms with Crippen molar-refractivity contribution in [2.75, 3.05) is 39.8 Å². The molecule has 1 heterocycles. The zero-order valence-electron chi connectivity index (χ0n) is 17.2. The summed E-state index contributed by atoms with van der Waals surface area (Å²) in [5, 5.41) is 0. The fourth-order valence-corrected chi connectivity index (χ4v) is 3.40. The van der Waals surface area contributed by atoms with Crippen LogP contribution in [0.15, 0.2) is 30.3 Å². The smallest absolute Gasteiger partial charge is 0.225 e. The van der Waals surface area contributed by atoms with Crippen LogP contribution in [0.3, 0.4) is 0 Å². The third-order valence-corrected chi connectivity index (χ3v) is 5.12. The van der Waals surface area contributed by atoms with Gasteiger partial charge in [-0.05, 0) is 36.9 Å². The normalized spacial score (nSPS) is 14.9. The number of carbonyl (C=O) groups is 2. The van der Waals surface area contributed by atoms with Crippen LogP contribution in [0.2, 0.25) is 0 Å². The minimum absolute atomic E-state index is 0. The van der Waals surface area contributed by atoms with E-state index in [1.54, 1.807) is 4.90 Å². The lowest BCUT2D eigenvalue weighted by Gasteiger charge is -2.35. The topological polar surface area (TPSA) is 75.9 Å². The van der Waals surface area contributed by atoms with E-state index in [9.17, 15) is 9.59 Å². The minimum Gasteiger partial charge on any atom is -0.493 e. The van der Waals surface area contributed by atoms with Gasteiger partial charge in [0.2, 0.25) is 11.8 Å². The summed E-state index contributed by atoms with van der Waals surface area (Å²) < 4.78 is 5.60. The maximum Gasteiger partial charge on any atom is 0.225 e. The Hall–Kier alpha value is -1.79. The zero-order valence-corrected chi connectivity index (χ0v) is 18.0. The Kier molecular flexibility index (Phi) is 9.76. The first-order chi connectivity index (χ1) is 12.8. The lowest BCUT2D eigenvalue weighted by molar-refractivity contribution is -0.140. The molecule has 1 saturated heterocycles. The molecular weight excluding hydrogens is 378 g/mol. The number of likely N-dealkylation sites (tertiary alicyclic amines) is 1. The molecule has 6 nitrogen and oxygen atoms in total. The molecule has 0 atom stereocenters. The van der Waals surface area contributed by atoms with E-state index in [0.717, 1.165) is 18.6 Å². The molecule has 0 spiro atoms. The summed E-state index contributed by atoms with van der Waals surface area (Å²) in [4.78, 5) is 28.7. The van der Waals surface area contributed by atoms with Gasteiger partial charge in [-0.1, -0.05) is 32.0 Å². The van der Waals surface area contributed by atoms with E-state index >= 15 is 0 Å². The average Bonchev–Trinajstić information content (AvgIpc) is 2.68. The van der Waals surface area contributed by atoms with Crippen LogP contribution in [-0.2, 0) is 9.59 Å². The molecule has 1 aromatic rings. The van der Waals surface area contributed by atoms with Crippen LogP contribution < -0.4 is 10.5 Å². The van der Waals surface area contributed by atoms with Gasteiger partial charge >= 0.3 is 0 Å². The van der Waals surface area contributed by atoms with Gasteiger partial charge in [-0.2, -0.15) is 0 Å². The average molecular weight is 412 g/mol. The maximum atomic E-state index is 12.7. The molecule has 158 valence electrons. The number of para-hydroxylation sites is 1. The summed E-state index contributed by atoms with van der Waals surface area (Å²) in [7, 11) is 1.85. The highest BCUT2D eigenvalue weighted by molar-refractivity contribution is 5.85. The van der Waals surface area contributed by atoms with E-state index in [-0.39, 0.29) is 35.6 Å². The number of carbonyl (C=O) groups excluding carboxylic acids is 2. The Morgan fingerprint density at radius 1 is 1.21 bits per heavy atom. The Morgan fingerprint density at radius 3 is 2.39 bits per heavy atom. The highest BCUT2D eigenvalue weighted by atomic mass is 35.5. The molecule has 0 saturated carbocycles. The number of halogens is 1. The van der Waals surface area contributed by atoms with Crippen molar-refractivity contribution in [3.8, 4) is 5.75 Å². The van der Waals surface area contributed by atoms with E-state index in [1.807, 2.05) is 42.3 Å². The number of benzene rings is 1. The Morgan fingerprint density at radius 2 is 1.82 bits per heavy atom. The Balaban J connectivity index is 0.00000392. The van der Waals surface area contributed by atoms with Gasteiger partial charge in [-0.25, -0.2) is 0 Å². The van der Waals surface area contributed by atoms with E-state index < -0.39 is 0 Å². The van der Waals surface area contributed by atoms with Crippen molar-refractivity contribution in [3.05, 3.63) is 30.3 Å². The van der Waals surface area contributed by atoms with Gasteiger partial charge in [0, 0.05) is 32.6 Å². The Labute approximate surface area is 174 Å². The summed E-state index contributed by atoms with van der Waals surface area (Å²) in [6.45, 7) is 6.97. The number of ether oxygens (including phenoxy) is 1. The zero-order chi connectivity index (χ0) is 19.9. The third-order valence-electron chi connectivity index (χ3n) is 5.12. The van der Waals surface area contributed by atoms with Gasteiger partial charge in [-0.15, -0.1) is 12.4 Å². The van der Waals surface area contributed by atoms with Crippen LogP contribution in [0.1, 0.15) is 33.1 Å². The van der Waals surface area contributed by atoms with Crippen molar-refractivity contribution in [1.82, 2.24) is 9.80 Å². The molecule has 2 N–H and O–H groups in total. The van der Waals surface area contributed by atoms with Crippen LogP contribution >= 0.6 is 12.4 Å². The second-order valence-corrected chi connectivity index (χ2v) is 8.13. The summed E-state index contributed by atoms with van der Waals surface area (Å²) in [5.41, 5.74) is 5.69. The number of nitrogens with two attached hydrogens (primary N) is 1. The van der Waals surface area contributed by atoms with E-state index in [1.165, 1.54) is 0 Å². The van der Waals surface area contributed by atoms with Crippen molar-refractivity contribution in [2.45, 2.75) is 33.1 Å². The fraction of sp³-hybridized carbons (Fsp3) is 0.619. The predicted molar refractivity (Wildman–Crippen MR) is 114 cm³/mol. The number of rotatable bonds is 8. The van der Waals surface area contributed by atoms with Gasteiger partial charge in [-0.3, -0.25) is 9.59 Å². The summed E-state index contributed by atoms with van der Waals surface area (Å²) in [6, 6.07) is 9.50. The van der Waals surface area contributed by atoms with Crippen LogP contribution in [-0.4, -0.2) is 61.4 Å². The first-order valence-corrected chi connectivity index (χ1v) is 9.73. The van der Waals surface area contributed by atoms with Crippen LogP contribution in [0, 0.1) is 11.3 Å². The van der Waals surface area contributed by atoms with Crippen molar-refractivity contribution in [1.29, 1.82) is 0 Å². The van der Waals surface area contributed by atoms with Gasteiger partial charge in [0.05, 0.1) is 13.0 Å². The molecule has 0 bridgehead atoms. The number of hydrogen-bond donors (Lipinski definition) is 1. The lowest BCUT2D eigenvalue weighted by Crippen LogP contribution is -2.46. The first kappa shape index (κ1) is 24.2. The molecule has 0 aliphatic carbocycles. The lowest BCUT2D eigenvalue weighted by atomic mass is 9.91. The van der Waals surface area contributed by atoms with Crippen molar-refractivity contribution >= 4 is 24.2 Å². The van der Waals surface area contributed by atoms with Gasteiger partial charge in [0.15, 0.2) is 0 Å². The molecule has 1 aliphatic heterocycles. The molecular formula is C21H34ClN3O3. The molecule has 0 aromatic heterocycles. The molecule has 0 radical (unpaired) electrons. The predicted octanol–water partition coefficient (Wildman–Crippen LogP) is 2.56. The minimum atomic E-state index is -0.0835. The summed E-state index contributed by atoms with van der Waals surface area (Å²) in [6.07, 6.45) is 1.80. The second kappa shape index (κ2) is 11.3. The molecule has 1 aliphatic rings. The fourth-order valence-electron chi connectivity index (χ4n) is 3.40.